The van der Waals surface area contributed by atoms with E-state index in [4.69, 9.17) is 10.8 Å². The van der Waals surface area contributed by atoms with Gasteiger partial charge in [0.1, 0.15) is 0 Å². The van der Waals surface area contributed by atoms with Crippen LogP contribution in [0.25, 0.3) is 0 Å². The molecule has 3 N–H and O–H groups in total. The summed E-state index contributed by atoms with van der Waals surface area (Å²) in [6, 6.07) is 0. The minimum atomic E-state index is -0.890. The van der Waals surface area contributed by atoms with E-state index in [9.17, 15) is 14.4 Å². The second kappa shape index (κ2) is 5.59. The van der Waals surface area contributed by atoms with E-state index in [-0.39, 0.29) is 17.7 Å². The van der Waals surface area contributed by atoms with Crippen molar-refractivity contribution in [2.75, 3.05) is 13.1 Å². The Bertz CT molecular complexity index is 396. The summed E-state index contributed by atoms with van der Waals surface area (Å²) in [4.78, 5) is 36.4. The molecule has 1 saturated carbocycles. The Morgan fingerprint density at radius 3 is 2.37 bits per heavy atom. The number of aliphatic carboxylic acids is 1. The van der Waals surface area contributed by atoms with Crippen LogP contribution >= 0.6 is 0 Å². The molecule has 0 spiro atoms. The number of likely N-dealkylation sites (tertiary alicyclic amines) is 1. The van der Waals surface area contributed by atoms with Crippen molar-refractivity contribution in [1.29, 1.82) is 0 Å². The second-order valence-electron chi connectivity index (χ2n) is 5.51. The first kappa shape index (κ1) is 13.8. The zero-order valence-electron chi connectivity index (χ0n) is 10.9. The van der Waals surface area contributed by atoms with E-state index in [1.807, 2.05) is 0 Å². The maximum absolute atomic E-state index is 12.4. The highest BCUT2D eigenvalue weighted by molar-refractivity contribution is 5.86. The molecule has 0 aromatic carbocycles. The molecular formula is C13H20N2O4. The largest absolute Gasteiger partial charge is 0.481 e. The predicted octanol–water partition coefficient (Wildman–Crippen LogP) is 0.211. The second-order valence-corrected chi connectivity index (χ2v) is 5.51. The van der Waals surface area contributed by atoms with E-state index >= 15 is 0 Å². The Morgan fingerprint density at radius 2 is 1.74 bits per heavy atom. The first-order chi connectivity index (χ1) is 9.00. The summed E-state index contributed by atoms with van der Waals surface area (Å²) >= 11 is 0. The van der Waals surface area contributed by atoms with Crippen LogP contribution in [0.5, 0.6) is 0 Å². The lowest BCUT2D eigenvalue weighted by Crippen LogP contribution is -2.47. The van der Waals surface area contributed by atoms with Gasteiger partial charge in [-0.1, -0.05) is 6.42 Å². The van der Waals surface area contributed by atoms with Gasteiger partial charge >= 0.3 is 5.97 Å². The molecule has 1 heterocycles. The van der Waals surface area contributed by atoms with Gasteiger partial charge in [0.25, 0.3) is 0 Å². The van der Waals surface area contributed by atoms with Gasteiger partial charge in [0.05, 0.1) is 17.8 Å². The van der Waals surface area contributed by atoms with Crippen LogP contribution in [-0.2, 0) is 14.4 Å². The summed E-state index contributed by atoms with van der Waals surface area (Å²) in [5.74, 6) is -2.66. The molecule has 1 saturated heterocycles. The van der Waals surface area contributed by atoms with Crippen LogP contribution in [-0.4, -0.2) is 40.9 Å². The minimum Gasteiger partial charge on any atom is -0.481 e. The Morgan fingerprint density at radius 1 is 1.05 bits per heavy atom. The summed E-state index contributed by atoms with van der Waals surface area (Å²) < 4.78 is 0. The van der Waals surface area contributed by atoms with Gasteiger partial charge in [-0.15, -0.1) is 0 Å². The maximum atomic E-state index is 12.4. The van der Waals surface area contributed by atoms with Gasteiger partial charge in [0.2, 0.25) is 11.8 Å². The molecule has 6 nitrogen and oxygen atoms in total. The van der Waals surface area contributed by atoms with E-state index in [0.29, 0.717) is 32.4 Å². The van der Waals surface area contributed by atoms with Gasteiger partial charge in [-0.05, 0) is 25.7 Å². The van der Waals surface area contributed by atoms with Crippen LogP contribution in [0.4, 0.5) is 0 Å². The number of hydrogen-bond donors (Lipinski definition) is 2. The highest BCUT2D eigenvalue weighted by Crippen LogP contribution is 2.34. The van der Waals surface area contributed by atoms with E-state index in [2.05, 4.69) is 0 Å². The molecule has 0 aromatic heterocycles. The van der Waals surface area contributed by atoms with Crippen molar-refractivity contribution in [3.8, 4) is 0 Å². The third-order valence-corrected chi connectivity index (χ3v) is 4.29. The van der Waals surface area contributed by atoms with Crippen LogP contribution in [0, 0.1) is 17.8 Å². The molecule has 1 aliphatic heterocycles. The number of carbonyl (C=O) groups is 3. The van der Waals surface area contributed by atoms with Crippen LogP contribution < -0.4 is 5.73 Å². The number of nitrogens with two attached hydrogens (primary N) is 1. The van der Waals surface area contributed by atoms with Gasteiger partial charge in [-0.2, -0.15) is 0 Å². The van der Waals surface area contributed by atoms with Gasteiger partial charge in [0.15, 0.2) is 0 Å². The van der Waals surface area contributed by atoms with Gasteiger partial charge in [-0.3, -0.25) is 14.4 Å². The molecule has 1 aliphatic carbocycles. The fraction of sp³-hybridized carbons (Fsp3) is 0.769. The molecule has 19 heavy (non-hydrogen) atoms. The number of piperidine rings is 1. The van der Waals surface area contributed by atoms with Crippen LogP contribution in [0.15, 0.2) is 0 Å². The Labute approximate surface area is 111 Å². The Balaban J connectivity index is 2.02. The topological polar surface area (TPSA) is 101 Å². The third-order valence-electron chi connectivity index (χ3n) is 4.29. The lowest BCUT2D eigenvalue weighted by molar-refractivity contribution is -0.150. The quantitative estimate of drug-likeness (QED) is 0.764. The van der Waals surface area contributed by atoms with E-state index in [1.165, 1.54) is 0 Å². The molecule has 2 fully saturated rings. The number of carbonyl (C=O) groups excluding carboxylic acids is 2. The zero-order valence-corrected chi connectivity index (χ0v) is 10.9. The fourth-order valence-electron chi connectivity index (χ4n) is 3.20. The van der Waals surface area contributed by atoms with Gasteiger partial charge in [0, 0.05) is 13.1 Å². The number of carboxylic acids is 1. The normalized spacial score (nSPS) is 31.2. The van der Waals surface area contributed by atoms with Crippen molar-refractivity contribution in [3.05, 3.63) is 0 Å². The first-order valence-corrected chi connectivity index (χ1v) is 6.81. The molecule has 2 amide bonds. The smallest absolute Gasteiger partial charge is 0.307 e. The monoisotopic (exact) mass is 268 g/mol. The molecular weight excluding hydrogens is 248 g/mol. The van der Waals surface area contributed by atoms with Crippen LogP contribution in [0.3, 0.4) is 0 Å². The maximum Gasteiger partial charge on any atom is 0.307 e. The summed E-state index contributed by atoms with van der Waals surface area (Å²) in [7, 11) is 0. The fourth-order valence-corrected chi connectivity index (χ4v) is 3.20. The Hall–Kier alpha value is -1.59. The number of rotatable bonds is 3. The van der Waals surface area contributed by atoms with Crippen molar-refractivity contribution in [1.82, 2.24) is 4.90 Å². The molecule has 6 heteroatoms. The standard InChI is InChI=1S/C13H20N2O4/c14-11(16)8-3-2-6-15(7-8)12(17)9-4-1-5-10(9)13(18)19/h8-10H,1-7H2,(H2,14,16)(H,18,19). The zero-order chi connectivity index (χ0) is 14.0. The number of primary amides is 1. The number of nitrogens with zero attached hydrogens (tertiary/aromatic N) is 1. The first-order valence-electron chi connectivity index (χ1n) is 6.81. The van der Waals surface area contributed by atoms with Crippen LogP contribution in [0.2, 0.25) is 0 Å². The summed E-state index contributed by atoms with van der Waals surface area (Å²) in [6.45, 7) is 0.947. The molecule has 2 rings (SSSR count). The molecule has 2 aliphatic rings. The van der Waals surface area contributed by atoms with E-state index < -0.39 is 17.8 Å². The van der Waals surface area contributed by atoms with Crippen molar-refractivity contribution < 1.29 is 19.5 Å². The number of amides is 2. The van der Waals surface area contributed by atoms with E-state index in [1.54, 1.807) is 4.90 Å². The van der Waals surface area contributed by atoms with Gasteiger partial charge in [-0.25, -0.2) is 0 Å². The van der Waals surface area contributed by atoms with Crippen molar-refractivity contribution in [2.24, 2.45) is 23.5 Å². The molecule has 0 bridgehead atoms. The lowest BCUT2D eigenvalue weighted by atomic mass is 9.91. The summed E-state index contributed by atoms with van der Waals surface area (Å²) in [5, 5.41) is 9.13. The van der Waals surface area contributed by atoms with Crippen molar-refractivity contribution in [3.63, 3.8) is 0 Å². The third kappa shape index (κ3) is 2.88. The summed E-state index contributed by atoms with van der Waals surface area (Å²) in [6.07, 6.45) is 3.45. The molecule has 3 unspecified atom stereocenters. The minimum absolute atomic E-state index is 0.115. The van der Waals surface area contributed by atoms with Crippen molar-refractivity contribution in [2.45, 2.75) is 32.1 Å². The SMILES string of the molecule is NC(=O)C1CCCN(C(=O)C2CCCC2C(=O)O)C1. The molecule has 0 radical (unpaired) electrons. The Kier molecular flexibility index (Phi) is 4.07. The molecule has 0 aromatic rings. The summed E-state index contributed by atoms with van der Waals surface area (Å²) in [5.41, 5.74) is 5.29. The molecule has 3 atom stereocenters. The van der Waals surface area contributed by atoms with Gasteiger partial charge < -0.3 is 15.7 Å². The highest BCUT2D eigenvalue weighted by Gasteiger charge is 2.40. The highest BCUT2D eigenvalue weighted by atomic mass is 16.4. The van der Waals surface area contributed by atoms with Crippen molar-refractivity contribution >= 4 is 17.8 Å². The average molecular weight is 268 g/mol. The molecule has 106 valence electrons. The lowest BCUT2D eigenvalue weighted by Gasteiger charge is -2.33. The number of hydrogen-bond acceptors (Lipinski definition) is 3. The van der Waals surface area contributed by atoms with E-state index in [0.717, 1.165) is 12.8 Å². The van der Waals surface area contributed by atoms with Crippen LogP contribution in [0.1, 0.15) is 32.1 Å². The predicted molar refractivity (Wildman–Crippen MR) is 67.0 cm³/mol. The number of carboxylic acid groups (broad SMARTS) is 1. The average Bonchev–Trinajstić information content (AvgIpc) is 2.87.